The minimum Gasteiger partial charge on any atom is -0.369 e. The molecule has 1 spiro atoms. The van der Waals surface area contributed by atoms with Crippen molar-refractivity contribution in [3.63, 3.8) is 0 Å². The van der Waals surface area contributed by atoms with E-state index in [1.54, 1.807) is 6.20 Å². The van der Waals surface area contributed by atoms with E-state index in [1.807, 2.05) is 17.7 Å². The molecule has 4 rings (SSSR count). The van der Waals surface area contributed by atoms with Crippen LogP contribution < -0.4 is 5.32 Å². The fraction of sp³-hybridized carbons (Fsp3) is 0.438. The molecule has 7 heteroatoms. The Hall–Kier alpha value is -1.58. The molecule has 0 bridgehead atoms. The number of aryl methyl sites for hydroxylation is 1. The highest BCUT2D eigenvalue weighted by atomic mass is 79.9. The Morgan fingerprint density at radius 1 is 1.57 bits per heavy atom. The topological polar surface area (TPSA) is 66.5 Å². The predicted octanol–water partition coefficient (Wildman–Crippen LogP) is 3.96. The van der Waals surface area contributed by atoms with Crippen molar-refractivity contribution in [3.8, 4) is 6.07 Å². The van der Waals surface area contributed by atoms with Crippen LogP contribution in [0.25, 0.3) is 0 Å². The van der Waals surface area contributed by atoms with Gasteiger partial charge in [-0.3, -0.25) is 4.68 Å². The average Bonchev–Trinajstić information content (AvgIpc) is 3.22. The number of hydrogen-bond acceptors (Lipinski definition) is 4. The molecule has 0 radical (unpaired) electrons. The third kappa shape index (κ3) is 2.18. The van der Waals surface area contributed by atoms with Gasteiger partial charge in [-0.05, 0) is 48.2 Å². The molecule has 1 saturated carbocycles. The zero-order chi connectivity index (χ0) is 16.2. The van der Waals surface area contributed by atoms with Crippen LogP contribution in [0, 0.1) is 18.3 Å². The van der Waals surface area contributed by atoms with E-state index in [4.69, 9.17) is 16.9 Å². The summed E-state index contributed by atoms with van der Waals surface area (Å²) >= 11 is 10.1. The molecular formula is C16H15BrClN5. The lowest BCUT2D eigenvalue weighted by Crippen LogP contribution is -2.26. The van der Waals surface area contributed by atoms with Gasteiger partial charge in [0.2, 0.25) is 0 Å². The van der Waals surface area contributed by atoms with E-state index in [9.17, 15) is 0 Å². The van der Waals surface area contributed by atoms with Crippen LogP contribution in [0.2, 0.25) is 5.02 Å². The molecule has 2 atom stereocenters. The molecule has 2 aliphatic rings. The van der Waals surface area contributed by atoms with E-state index in [0.717, 1.165) is 52.4 Å². The summed E-state index contributed by atoms with van der Waals surface area (Å²) in [6.07, 6.45) is 4.77. The first-order valence-electron chi connectivity index (χ1n) is 7.59. The van der Waals surface area contributed by atoms with Crippen LogP contribution in [0.3, 0.4) is 0 Å². The van der Waals surface area contributed by atoms with Crippen molar-refractivity contribution < 1.29 is 0 Å². The Bertz CT molecular complexity index is 840. The summed E-state index contributed by atoms with van der Waals surface area (Å²) in [5.41, 5.74) is 2.64. The van der Waals surface area contributed by atoms with Gasteiger partial charge in [0.15, 0.2) is 5.69 Å². The molecule has 1 aliphatic heterocycles. The number of rotatable bonds is 1. The number of hydrogen-bond donors (Lipinski definition) is 1. The van der Waals surface area contributed by atoms with Gasteiger partial charge >= 0.3 is 0 Å². The summed E-state index contributed by atoms with van der Waals surface area (Å²) < 4.78 is 2.84. The molecule has 1 aliphatic carbocycles. The van der Waals surface area contributed by atoms with E-state index in [2.05, 4.69) is 37.4 Å². The zero-order valence-electron chi connectivity index (χ0n) is 12.6. The molecule has 5 nitrogen and oxygen atoms in total. The lowest BCUT2D eigenvalue weighted by molar-refractivity contribution is 0.412. The van der Waals surface area contributed by atoms with Crippen molar-refractivity contribution in [1.29, 1.82) is 5.26 Å². The van der Waals surface area contributed by atoms with Gasteiger partial charge in [0, 0.05) is 29.4 Å². The zero-order valence-corrected chi connectivity index (χ0v) is 14.9. The van der Waals surface area contributed by atoms with Gasteiger partial charge in [0.25, 0.3) is 0 Å². The number of halogens is 2. The van der Waals surface area contributed by atoms with Crippen molar-refractivity contribution in [2.75, 3.05) is 11.9 Å². The molecule has 0 amide bonds. The summed E-state index contributed by atoms with van der Waals surface area (Å²) in [4.78, 5) is 4.46. The van der Waals surface area contributed by atoms with Crippen molar-refractivity contribution >= 4 is 33.3 Å². The van der Waals surface area contributed by atoms with Crippen molar-refractivity contribution in [3.05, 3.63) is 38.7 Å². The summed E-state index contributed by atoms with van der Waals surface area (Å²) in [6.45, 7) is 2.86. The summed E-state index contributed by atoms with van der Waals surface area (Å²) in [6, 6.07) is 4.26. The second kappa shape index (κ2) is 5.22. The van der Waals surface area contributed by atoms with Gasteiger partial charge in [-0.25, -0.2) is 4.98 Å². The highest BCUT2D eigenvalue weighted by Crippen LogP contribution is 2.54. The smallest absolute Gasteiger partial charge is 0.162 e. The van der Waals surface area contributed by atoms with E-state index in [-0.39, 0.29) is 5.41 Å². The number of nitrogens with zero attached hydrogens (tertiary/aromatic N) is 4. The maximum atomic E-state index is 9.05. The van der Waals surface area contributed by atoms with Gasteiger partial charge in [0.05, 0.1) is 15.5 Å². The lowest BCUT2D eigenvalue weighted by Gasteiger charge is -2.24. The Kier molecular flexibility index (Phi) is 3.40. The SMILES string of the molecule is Cc1cc(C#N)nn1C1CCC2(CNc3ncc(Br)c(Cl)c32)C1. The maximum Gasteiger partial charge on any atom is 0.162 e. The highest BCUT2D eigenvalue weighted by molar-refractivity contribution is 9.10. The Morgan fingerprint density at radius 3 is 3.13 bits per heavy atom. The lowest BCUT2D eigenvalue weighted by atomic mass is 9.81. The Labute approximate surface area is 147 Å². The molecule has 1 fully saturated rings. The molecule has 0 saturated heterocycles. The van der Waals surface area contributed by atoms with E-state index in [0.29, 0.717) is 11.7 Å². The molecule has 2 aromatic heterocycles. The van der Waals surface area contributed by atoms with Crippen LogP contribution in [0.5, 0.6) is 0 Å². The van der Waals surface area contributed by atoms with Crippen molar-refractivity contribution in [1.82, 2.24) is 14.8 Å². The largest absolute Gasteiger partial charge is 0.369 e. The summed E-state index contributed by atoms with van der Waals surface area (Å²) in [7, 11) is 0. The van der Waals surface area contributed by atoms with Crippen LogP contribution in [0.4, 0.5) is 5.82 Å². The standard InChI is InChI=1S/C16H15BrClN5/c1-9-4-10(6-19)22-23(9)11-2-3-16(5-11)8-21-15-13(16)14(18)12(17)7-20-15/h4,7,11H,2-3,5,8H2,1H3,(H,20,21). The maximum absolute atomic E-state index is 9.05. The first kappa shape index (κ1) is 15.0. The van der Waals surface area contributed by atoms with Crippen LogP contribution in [0.1, 0.15) is 42.3 Å². The minimum atomic E-state index is -0.000933. The molecule has 118 valence electrons. The first-order chi connectivity index (χ1) is 11.0. The van der Waals surface area contributed by atoms with Gasteiger partial charge in [-0.15, -0.1) is 0 Å². The summed E-state index contributed by atoms with van der Waals surface area (Å²) in [5, 5.41) is 17.7. The normalized spacial score (nSPS) is 25.4. The number of anilines is 1. The number of fused-ring (bicyclic) bond motifs is 2. The molecule has 3 heterocycles. The number of nitrogens with one attached hydrogen (secondary N) is 1. The van der Waals surface area contributed by atoms with E-state index >= 15 is 0 Å². The molecule has 2 aromatic rings. The third-order valence-corrected chi connectivity index (χ3v) is 6.28. The fourth-order valence-corrected chi connectivity index (χ4v) is 4.67. The Balaban J connectivity index is 1.71. The number of pyridine rings is 1. The molecule has 0 aromatic carbocycles. The van der Waals surface area contributed by atoms with Gasteiger partial charge < -0.3 is 5.32 Å². The van der Waals surface area contributed by atoms with Gasteiger partial charge in [-0.1, -0.05) is 11.6 Å². The fourth-order valence-electron chi connectivity index (χ4n) is 4.03. The number of aromatic nitrogens is 3. The molecule has 1 N–H and O–H groups in total. The predicted molar refractivity (Wildman–Crippen MR) is 91.7 cm³/mol. The molecule has 2 unspecified atom stereocenters. The highest BCUT2D eigenvalue weighted by Gasteiger charge is 2.48. The van der Waals surface area contributed by atoms with Crippen LogP contribution in [-0.4, -0.2) is 21.3 Å². The van der Waals surface area contributed by atoms with Crippen molar-refractivity contribution in [2.45, 2.75) is 37.6 Å². The van der Waals surface area contributed by atoms with Gasteiger partial charge in [0.1, 0.15) is 11.9 Å². The number of nitriles is 1. The van der Waals surface area contributed by atoms with E-state index in [1.165, 1.54) is 0 Å². The quantitative estimate of drug-likeness (QED) is 0.797. The van der Waals surface area contributed by atoms with Crippen LogP contribution >= 0.6 is 27.5 Å². The van der Waals surface area contributed by atoms with Crippen molar-refractivity contribution in [2.24, 2.45) is 0 Å². The van der Waals surface area contributed by atoms with Crippen LogP contribution in [0.15, 0.2) is 16.7 Å². The van der Waals surface area contributed by atoms with Crippen LogP contribution in [-0.2, 0) is 5.41 Å². The second-order valence-corrected chi connectivity index (χ2v) is 7.63. The second-order valence-electron chi connectivity index (χ2n) is 6.40. The average molecular weight is 393 g/mol. The molecule has 23 heavy (non-hydrogen) atoms. The first-order valence-corrected chi connectivity index (χ1v) is 8.76. The molecular weight excluding hydrogens is 378 g/mol. The Morgan fingerprint density at radius 2 is 2.39 bits per heavy atom. The minimum absolute atomic E-state index is 0.000933. The third-order valence-electron chi connectivity index (χ3n) is 5.06. The summed E-state index contributed by atoms with van der Waals surface area (Å²) in [5.74, 6) is 0.897. The monoisotopic (exact) mass is 391 g/mol. The van der Waals surface area contributed by atoms with Gasteiger partial charge in [-0.2, -0.15) is 10.4 Å². The van der Waals surface area contributed by atoms with E-state index < -0.39 is 0 Å².